The molecule has 0 fully saturated rings. The van der Waals surface area contributed by atoms with Gasteiger partial charge in [0.05, 0.1) is 39.3 Å². The summed E-state index contributed by atoms with van der Waals surface area (Å²) < 4.78 is 37.4. The van der Waals surface area contributed by atoms with Crippen molar-refractivity contribution in [1.29, 1.82) is 0 Å². The summed E-state index contributed by atoms with van der Waals surface area (Å²) in [4.78, 5) is -0.178. The predicted molar refractivity (Wildman–Crippen MR) is 86.7 cm³/mol. The molecule has 1 aromatic carbocycles. The van der Waals surface area contributed by atoms with E-state index in [1.165, 1.54) is 12.1 Å². The third-order valence-electron chi connectivity index (χ3n) is 2.45. The van der Waals surface area contributed by atoms with E-state index in [0.717, 1.165) is 35.6 Å². The third-order valence-corrected chi connectivity index (χ3v) is 3.48. The summed E-state index contributed by atoms with van der Waals surface area (Å²) in [6, 6.07) is 5.78. The highest BCUT2D eigenvalue weighted by molar-refractivity contribution is 7.85. The molecular weight excluding hydrogens is 310 g/mol. The molecule has 0 heterocycles. The van der Waals surface area contributed by atoms with Crippen molar-refractivity contribution in [1.82, 2.24) is 0 Å². The largest absolute Gasteiger partial charge is 0.744 e. The molecular formula is C14H25NO4S2. The summed E-state index contributed by atoms with van der Waals surface area (Å²) in [6.07, 6.45) is 0. The molecule has 0 aromatic heterocycles. The average Bonchev–Trinajstić information content (AvgIpc) is 2.34. The van der Waals surface area contributed by atoms with E-state index in [4.69, 9.17) is 4.74 Å². The number of hydrogen-bond donors (Lipinski definition) is 1. The van der Waals surface area contributed by atoms with Crippen LogP contribution in [0.3, 0.4) is 0 Å². The monoisotopic (exact) mass is 335 g/mol. The number of benzene rings is 1. The average molecular weight is 335 g/mol. The van der Waals surface area contributed by atoms with Crippen LogP contribution in [0.5, 0.6) is 0 Å². The Balaban J connectivity index is 0.000000384. The number of rotatable bonds is 6. The van der Waals surface area contributed by atoms with Gasteiger partial charge in [-0.1, -0.05) is 17.7 Å². The number of hydrogen-bond acceptors (Lipinski definition) is 5. The molecule has 0 amide bonds. The van der Waals surface area contributed by atoms with E-state index in [1.54, 1.807) is 12.1 Å². The number of ether oxygens (including phenoxy) is 1. The standard InChI is InChI=1S/C7H17NOS.C7H8O3S/c1-8(2,3)4-5-9-6-7-10;1-6-2-4-7(5-3-6)11(8,9)10/h4-7H2,1-3H3;2-5H,1H3,(H,8,9,10). The predicted octanol–water partition coefficient (Wildman–Crippen LogP) is 1.54. The fourth-order valence-electron chi connectivity index (χ4n) is 1.21. The molecule has 0 saturated carbocycles. The first-order valence-electron chi connectivity index (χ1n) is 6.58. The van der Waals surface area contributed by atoms with E-state index in [-0.39, 0.29) is 4.90 Å². The summed E-state index contributed by atoms with van der Waals surface area (Å²) in [6.45, 7) is 4.49. The van der Waals surface area contributed by atoms with Gasteiger partial charge in [0, 0.05) is 5.75 Å². The van der Waals surface area contributed by atoms with E-state index >= 15 is 0 Å². The molecule has 0 saturated heterocycles. The van der Waals surface area contributed by atoms with Crippen LogP contribution in [-0.4, -0.2) is 64.1 Å². The van der Waals surface area contributed by atoms with Crippen LogP contribution < -0.4 is 0 Å². The zero-order valence-electron chi connectivity index (χ0n) is 13.1. The van der Waals surface area contributed by atoms with Crippen molar-refractivity contribution in [3.8, 4) is 0 Å². The number of aryl methyl sites for hydroxylation is 1. The van der Waals surface area contributed by atoms with Crippen molar-refractivity contribution in [2.24, 2.45) is 0 Å². The molecule has 0 unspecified atom stereocenters. The lowest BCUT2D eigenvalue weighted by molar-refractivity contribution is -0.870. The molecule has 0 aliphatic carbocycles. The van der Waals surface area contributed by atoms with Crippen molar-refractivity contribution in [2.75, 3.05) is 46.7 Å². The summed E-state index contributed by atoms with van der Waals surface area (Å²) in [5, 5.41) is 0. The maximum atomic E-state index is 10.4. The van der Waals surface area contributed by atoms with Crippen LogP contribution in [0.4, 0.5) is 0 Å². The van der Waals surface area contributed by atoms with Crippen LogP contribution in [-0.2, 0) is 14.9 Å². The van der Waals surface area contributed by atoms with Gasteiger partial charge >= 0.3 is 0 Å². The topological polar surface area (TPSA) is 66.4 Å². The van der Waals surface area contributed by atoms with Gasteiger partial charge in [0.1, 0.15) is 16.7 Å². The Morgan fingerprint density at radius 3 is 2.05 bits per heavy atom. The minimum atomic E-state index is -4.27. The van der Waals surface area contributed by atoms with Gasteiger partial charge in [-0.05, 0) is 19.1 Å². The molecule has 0 aliphatic rings. The highest BCUT2D eigenvalue weighted by Gasteiger charge is 2.04. The van der Waals surface area contributed by atoms with Gasteiger partial charge in [0.15, 0.2) is 0 Å². The maximum absolute atomic E-state index is 10.4. The Hall–Kier alpha value is -0.600. The molecule has 0 N–H and O–H groups in total. The lowest BCUT2D eigenvalue weighted by atomic mass is 10.2. The second kappa shape index (κ2) is 9.42. The van der Waals surface area contributed by atoms with Gasteiger partial charge in [-0.3, -0.25) is 0 Å². The Bertz CT molecular complexity index is 493. The molecule has 122 valence electrons. The number of thiol groups is 1. The molecule has 5 nitrogen and oxygen atoms in total. The summed E-state index contributed by atoms with van der Waals surface area (Å²) in [7, 11) is 2.20. The van der Waals surface area contributed by atoms with E-state index in [2.05, 4.69) is 33.8 Å². The highest BCUT2D eigenvalue weighted by Crippen LogP contribution is 2.08. The minimum absolute atomic E-state index is 0.178. The first kappa shape index (κ1) is 20.4. The van der Waals surface area contributed by atoms with Crippen LogP contribution in [0.2, 0.25) is 0 Å². The zero-order valence-corrected chi connectivity index (χ0v) is 14.8. The van der Waals surface area contributed by atoms with E-state index in [9.17, 15) is 13.0 Å². The van der Waals surface area contributed by atoms with Crippen molar-refractivity contribution >= 4 is 22.7 Å². The lowest BCUT2D eigenvalue weighted by Gasteiger charge is -2.23. The van der Waals surface area contributed by atoms with Crippen LogP contribution in [0.25, 0.3) is 0 Å². The Morgan fingerprint density at radius 2 is 1.67 bits per heavy atom. The Labute approximate surface area is 133 Å². The fourth-order valence-corrected chi connectivity index (χ4v) is 1.81. The lowest BCUT2D eigenvalue weighted by Crippen LogP contribution is -2.37. The maximum Gasteiger partial charge on any atom is 0.124 e. The van der Waals surface area contributed by atoms with Crippen LogP contribution in [0.15, 0.2) is 29.2 Å². The van der Waals surface area contributed by atoms with Crippen LogP contribution >= 0.6 is 12.6 Å². The first-order valence-corrected chi connectivity index (χ1v) is 8.62. The van der Waals surface area contributed by atoms with Gasteiger partial charge in [-0.15, -0.1) is 0 Å². The molecule has 21 heavy (non-hydrogen) atoms. The molecule has 0 atom stereocenters. The molecule has 0 aliphatic heterocycles. The molecule has 0 spiro atoms. The van der Waals surface area contributed by atoms with E-state index in [0.29, 0.717) is 0 Å². The zero-order chi connectivity index (χ0) is 16.5. The number of nitrogens with zero attached hydrogens (tertiary/aromatic N) is 1. The molecule has 1 rings (SSSR count). The van der Waals surface area contributed by atoms with E-state index < -0.39 is 10.1 Å². The van der Waals surface area contributed by atoms with Crippen LogP contribution in [0.1, 0.15) is 5.56 Å². The van der Waals surface area contributed by atoms with Gasteiger partial charge in [-0.2, -0.15) is 12.6 Å². The SMILES string of the molecule is C[N+](C)(C)CCOCCS.Cc1ccc(S(=O)(=O)[O-])cc1. The molecule has 0 radical (unpaired) electrons. The van der Waals surface area contributed by atoms with Crippen molar-refractivity contribution < 1.29 is 22.2 Å². The van der Waals surface area contributed by atoms with Crippen molar-refractivity contribution in [3.63, 3.8) is 0 Å². The second-order valence-electron chi connectivity index (χ2n) is 5.62. The van der Waals surface area contributed by atoms with Gasteiger partial charge in [0.25, 0.3) is 0 Å². The summed E-state index contributed by atoms with van der Waals surface area (Å²) in [5.74, 6) is 0.817. The van der Waals surface area contributed by atoms with Crippen LogP contribution in [0, 0.1) is 6.92 Å². The van der Waals surface area contributed by atoms with Crippen molar-refractivity contribution in [2.45, 2.75) is 11.8 Å². The third kappa shape index (κ3) is 11.7. The Morgan fingerprint density at radius 1 is 1.14 bits per heavy atom. The molecule has 0 bridgehead atoms. The normalized spacial score (nSPS) is 11.7. The van der Waals surface area contributed by atoms with Gasteiger partial charge in [-0.25, -0.2) is 8.42 Å². The second-order valence-corrected chi connectivity index (χ2v) is 7.44. The summed E-state index contributed by atoms with van der Waals surface area (Å²) >= 11 is 4.04. The number of likely N-dealkylation sites (N-methyl/N-ethyl adjacent to an activating group) is 1. The highest BCUT2D eigenvalue weighted by atomic mass is 32.2. The van der Waals surface area contributed by atoms with Gasteiger partial charge < -0.3 is 13.8 Å². The fraction of sp³-hybridized carbons (Fsp3) is 0.571. The smallest absolute Gasteiger partial charge is 0.124 e. The van der Waals surface area contributed by atoms with Gasteiger partial charge in [0.2, 0.25) is 0 Å². The quantitative estimate of drug-likeness (QED) is 0.371. The molecule has 7 heteroatoms. The Kier molecular flexibility index (Phi) is 9.15. The van der Waals surface area contributed by atoms with E-state index in [1.807, 2.05) is 6.92 Å². The number of quaternary nitrogens is 1. The van der Waals surface area contributed by atoms with Crippen molar-refractivity contribution in [3.05, 3.63) is 29.8 Å². The minimum Gasteiger partial charge on any atom is -0.744 e. The molecule has 1 aromatic rings. The summed E-state index contributed by atoms with van der Waals surface area (Å²) in [5.41, 5.74) is 0.928. The first-order chi connectivity index (χ1) is 9.56.